The average Bonchev–Trinajstić information content (AvgIpc) is 3.50. The van der Waals surface area contributed by atoms with Gasteiger partial charge in [-0.25, -0.2) is 17.5 Å². The normalized spacial score (nSPS) is 14.0. The van der Waals surface area contributed by atoms with E-state index in [-0.39, 0.29) is 16.1 Å². The molecule has 10 heteroatoms. The number of para-hydroxylation sites is 1. The standard InChI is InChI=1S/C25H30FN5O3S/c1-4-30(5-2)35(33,34)19-12-13-24(29-14-8-9-15-29)22(16-19)28-25(32)20-17-27-31(18(20)3)23-11-7-6-10-21(23)26/h6-7,10-13,16-17H,4-5,8-9,14-15H2,1-3H3,(H,28,32). The van der Waals surface area contributed by atoms with Crippen molar-refractivity contribution in [1.29, 1.82) is 0 Å². The summed E-state index contributed by atoms with van der Waals surface area (Å²) in [7, 11) is -3.70. The lowest BCUT2D eigenvalue weighted by atomic mass is 10.2. The molecular formula is C25H30FN5O3S. The van der Waals surface area contributed by atoms with Crippen molar-refractivity contribution < 1.29 is 17.6 Å². The molecule has 8 nitrogen and oxygen atoms in total. The summed E-state index contributed by atoms with van der Waals surface area (Å²) < 4.78 is 43.3. The number of nitrogens with zero attached hydrogens (tertiary/aromatic N) is 4. The monoisotopic (exact) mass is 499 g/mol. The zero-order valence-electron chi connectivity index (χ0n) is 20.2. The molecule has 1 aliphatic rings. The minimum Gasteiger partial charge on any atom is -0.370 e. The van der Waals surface area contributed by atoms with Gasteiger partial charge in [-0.15, -0.1) is 0 Å². The average molecular weight is 500 g/mol. The van der Waals surface area contributed by atoms with Gasteiger partial charge in [-0.1, -0.05) is 26.0 Å². The summed E-state index contributed by atoms with van der Waals surface area (Å²) in [5, 5.41) is 7.12. The minimum absolute atomic E-state index is 0.123. The molecule has 0 bridgehead atoms. The van der Waals surface area contributed by atoms with E-state index >= 15 is 0 Å². The Morgan fingerprint density at radius 3 is 2.43 bits per heavy atom. The van der Waals surface area contributed by atoms with Crippen LogP contribution in [0.3, 0.4) is 0 Å². The van der Waals surface area contributed by atoms with Gasteiger partial charge >= 0.3 is 0 Å². The number of hydrogen-bond acceptors (Lipinski definition) is 5. The van der Waals surface area contributed by atoms with E-state index in [2.05, 4.69) is 15.3 Å². The molecule has 1 fully saturated rings. The van der Waals surface area contributed by atoms with Crippen LogP contribution >= 0.6 is 0 Å². The van der Waals surface area contributed by atoms with Crippen molar-refractivity contribution in [2.75, 3.05) is 36.4 Å². The predicted octanol–water partition coefficient (Wildman–Crippen LogP) is 4.20. The first-order valence-electron chi connectivity index (χ1n) is 11.8. The molecule has 2 heterocycles. The van der Waals surface area contributed by atoms with Crippen LogP contribution in [0.2, 0.25) is 0 Å². The second kappa shape index (κ2) is 10.2. The first kappa shape index (κ1) is 24.9. The molecule has 0 aliphatic carbocycles. The third-order valence-corrected chi connectivity index (χ3v) is 8.39. The topological polar surface area (TPSA) is 87.5 Å². The van der Waals surface area contributed by atoms with Gasteiger partial charge in [-0.2, -0.15) is 9.40 Å². The van der Waals surface area contributed by atoms with Crippen molar-refractivity contribution in [3.63, 3.8) is 0 Å². The number of aromatic nitrogens is 2. The van der Waals surface area contributed by atoms with Crippen LogP contribution in [0, 0.1) is 12.7 Å². The van der Waals surface area contributed by atoms with Gasteiger partial charge in [0, 0.05) is 26.2 Å². The second-order valence-corrected chi connectivity index (χ2v) is 10.4. The lowest BCUT2D eigenvalue weighted by Crippen LogP contribution is -2.31. The summed E-state index contributed by atoms with van der Waals surface area (Å²) in [6.07, 6.45) is 3.45. The molecule has 2 aromatic carbocycles. The Kier molecular flexibility index (Phi) is 7.23. The minimum atomic E-state index is -3.70. The van der Waals surface area contributed by atoms with E-state index in [0.29, 0.717) is 24.5 Å². The third kappa shape index (κ3) is 4.81. The molecule has 4 rings (SSSR count). The number of anilines is 2. The van der Waals surface area contributed by atoms with E-state index in [1.807, 2.05) is 0 Å². The predicted molar refractivity (Wildman–Crippen MR) is 134 cm³/mol. The summed E-state index contributed by atoms with van der Waals surface area (Å²) in [6.45, 7) is 7.63. The van der Waals surface area contributed by atoms with Crippen LogP contribution in [0.15, 0.2) is 53.6 Å². The number of amides is 1. The number of benzene rings is 2. The van der Waals surface area contributed by atoms with Crippen LogP contribution in [0.5, 0.6) is 0 Å². The molecule has 0 spiro atoms. The van der Waals surface area contributed by atoms with E-state index in [1.165, 1.54) is 27.3 Å². The quantitative estimate of drug-likeness (QED) is 0.502. The van der Waals surface area contributed by atoms with Crippen LogP contribution in [-0.2, 0) is 10.0 Å². The molecule has 1 N–H and O–H groups in total. The zero-order chi connectivity index (χ0) is 25.2. The van der Waals surface area contributed by atoms with Crippen molar-refractivity contribution in [2.45, 2.75) is 38.5 Å². The number of carbonyl (C=O) groups is 1. The summed E-state index contributed by atoms with van der Waals surface area (Å²) in [4.78, 5) is 15.6. The van der Waals surface area contributed by atoms with Gasteiger partial charge in [-0.3, -0.25) is 4.79 Å². The molecule has 1 saturated heterocycles. The van der Waals surface area contributed by atoms with Gasteiger partial charge in [-0.05, 0) is 50.1 Å². The van der Waals surface area contributed by atoms with E-state index < -0.39 is 21.7 Å². The molecule has 35 heavy (non-hydrogen) atoms. The Bertz CT molecular complexity index is 1330. The molecule has 0 radical (unpaired) electrons. The van der Waals surface area contributed by atoms with E-state index in [4.69, 9.17) is 0 Å². The van der Waals surface area contributed by atoms with Crippen molar-refractivity contribution in [3.05, 3.63) is 65.7 Å². The van der Waals surface area contributed by atoms with Gasteiger partial charge in [0.2, 0.25) is 10.0 Å². The molecule has 0 unspecified atom stereocenters. The fraction of sp³-hybridized carbons (Fsp3) is 0.360. The van der Waals surface area contributed by atoms with Gasteiger partial charge in [0.05, 0.1) is 33.7 Å². The molecular weight excluding hydrogens is 469 g/mol. The van der Waals surface area contributed by atoms with Gasteiger partial charge in [0.15, 0.2) is 0 Å². The Morgan fingerprint density at radius 1 is 1.09 bits per heavy atom. The largest absolute Gasteiger partial charge is 0.370 e. The summed E-state index contributed by atoms with van der Waals surface area (Å²) >= 11 is 0. The smallest absolute Gasteiger partial charge is 0.259 e. The van der Waals surface area contributed by atoms with Crippen molar-refractivity contribution in [1.82, 2.24) is 14.1 Å². The highest BCUT2D eigenvalue weighted by Crippen LogP contribution is 2.33. The summed E-state index contributed by atoms with van der Waals surface area (Å²) in [5.41, 5.74) is 2.19. The third-order valence-electron chi connectivity index (χ3n) is 6.34. The molecule has 1 aromatic heterocycles. The Balaban J connectivity index is 1.71. The number of sulfonamides is 1. The van der Waals surface area contributed by atoms with E-state index in [1.54, 1.807) is 51.1 Å². The molecule has 0 atom stereocenters. The lowest BCUT2D eigenvalue weighted by molar-refractivity contribution is 0.102. The van der Waals surface area contributed by atoms with E-state index in [0.717, 1.165) is 31.6 Å². The number of halogens is 1. The second-order valence-electron chi connectivity index (χ2n) is 8.42. The molecule has 0 saturated carbocycles. The lowest BCUT2D eigenvalue weighted by Gasteiger charge is -2.24. The molecule has 186 valence electrons. The van der Waals surface area contributed by atoms with Crippen LogP contribution in [0.1, 0.15) is 42.7 Å². The van der Waals surface area contributed by atoms with Crippen LogP contribution in [-0.4, -0.2) is 54.6 Å². The maximum Gasteiger partial charge on any atom is 0.259 e. The fourth-order valence-electron chi connectivity index (χ4n) is 4.41. The number of carbonyl (C=O) groups excluding carboxylic acids is 1. The van der Waals surface area contributed by atoms with Gasteiger partial charge in [0.1, 0.15) is 11.5 Å². The highest BCUT2D eigenvalue weighted by Gasteiger charge is 2.26. The zero-order valence-corrected chi connectivity index (χ0v) is 21.0. The summed E-state index contributed by atoms with van der Waals surface area (Å²) in [5.74, 6) is -0.890. The SMILES string of the molecule is CCN(CC)S(=O)(=O)c1ccc(N2CCCC2)c(NC(=O)c2cnn(-c3ccccc3F)c2C)c1. The van der Waals surface area contributed by atoms with Gasteiger partial charge in [0.25, 0.3) is 5.91 Å². The Morgan fingerprint density at radius 2 is 1.77 bits per heavy atom. The number of hydrogen-bond donors (Lipinski definition) is 1. The van der Waals surface area contributed by atoms with Crippen molar-refractivity contribution in [2.24, 2.45) is 0 Å². The first-order valence-corrected chi connectivity index (χ1v) is 13.2. The highest BCUT2D eigenvalue weighted by atomic mass is 32.2. The molecule has 3 aromatic rings. The van der Waals surface area contributed by atoms with Crippen LogP contribution < -0.4 is 10.2 Å². The Labute approximate surface area is 205 Å². The van der Waals surface area contributed by atoms with Crippen LogP contribution in [0.4, 0.5) is 15.8 Å². The first-order chi connectivity index (χ1) is 16.8. The fourth-order valence-corrected chi connectivity index (χ4v) is 5.90. The maximum atomic E-state index is 14.3. The number of rotatable bonds is 8. The van der Waals surface area contributed by atoms with Crippen LogP contribution in [0.25, 0.3) is 5.69 Å². The van der Waals surface area contributed by atoms with Gasteiger partial charge < -0.3 is 10.2 Å². The Hall–Kier alpha value is -3.24. The van der Waals surface area contributed by atoms with Crippen molar-refractivity contribution >= 4 is 27.3 Å². The highest BCUT2D eigenvalue weighted by molar-refractivity contribution is 7.89. The molecule has 1 aliphatic heterocycles. The van der Waals surface area contributed by atoms with E-state index in [9.17, 15) is 17.6 Å². The van der Waals surface area contributed by atoms with Crippen molar-refractivity contribution in [3.8, 4) is 5.69 Å². The number of nitrogens with one attached hydrogen (secondary N) is 1. The maximum absolute atomic E-state index is 14.3. The molecule has 1 amide bonds. The summed E-state index contributed by atoms with van der Waals surface area (Å²) in [6, 6.07) is 11.1.